The summed E-state index contributed by atoms with van der Waals surface area (Å²) < 4.78 is 2.19. The summed E-state index contributed by atoms with van der Waals surface area (Å²) in [5, 5.41) is 4.53. The van der Waals surface area contributed by atoms with Crippen LogP contribution in [0.25, 0.3) is 0 Å². The molecule has 0 bridgehead atoms. The van der Waals surface area contributed by atoms with E-state index in [9.17, 15) is 0 Å². The van der Waals surface area contributed by atoms with Gasteiger partial charge in [0, 0.05) is 25.3 Å². The summed E-state index contributed by atoms with van der Waals surface area (Å²) in [4.78, 5) is 2.56. The van der Waals surface area contributed by atoms with E-state index < -0.39 is 0 Å². The maximum atomic E-state index is 4.53. The Morgan fingerprint density at radius 2 is 1.82 bits per heavy atom. The standard InChI is InChI=1S/C14H25N3/c1-11(2)13-9-15-17(10-13)14-5-7-16(8-6-14)12(3)4/h9-12,14H,5-8H2,1-4H3. The molecule has 0 radical (unpaired) electrons. The van der Waals surface area contributed by atoms with E-state index in [0.717, 1.165) is 0 Å². The van der Waals surface area contributed by atoms with Crippen LogP contribution in [-0.2, 0) is 0 Å². The van der Waals surface area contributed by atoms with Crippen molar-refractivity contribution in [2.75, 3.05) is 13.1 Å². The van der Waals surface area contributed by atoms with Gasteiger partial charge in [0.15, 0.2) is 0 Å². The second-order valence-electron chi connectivity index (χ2n) is 5.77. The Bertz CT molecular complexity index is 346. The van der Waals surface area contributed by atoms with Gasteiger partial charge in [-0.25, -0.2) is 0 Å². The van der Waals surface area contributed by atoms with Gasteiger partial charge in [0.2, 0.25) is 0 Å². The minimum absolute atomic E-state index is 0.583. The van der Waals surface area contributed by atoms with Gasteiger partial charge in [-0.15, -0.1) is 0 Å². The molecule has 1 fully saturated rings. The minimum Gasteiger partial charge on any atom is -0.301 e. The smallest absolute Gasteiger partial charge is 0.0543 e. The van der Waals surface area contributed by atoms with Crippen molar-refractivity contribution in [3.8, 4) is 0 Å². The second-order valence-corrected chi connectivity index (χ2v) is 5.77. The number of aromatic nitrogens is 2. The highest BCUT2D eigenvalue weighted by Crippen LogP contribution is 2.24. The molecule has 2 heterocycles. The van der Waals surface area contributed by atoms with Crippen molar-refractivity contribution in [1.82, 2.24) is 14.7 Å². The maximum Gasteiger partial charge on any atom is 0.0543 e. The normalized spacial score (nSPS) is 19.4. The van der Waals surface area contributed by atoms with Crippen molar-refractivity contribution in [3.05, 3.63) is 18.0 Å². The van der Waals surface area contributed by atoms with Crippen LogP contribution in [0.4, 0.5) is 0 Å². The lowest BCUT2D eigenvalue weighted by Gasteiger charge is -2.34. The Labute approximate surface area is 105 Å². The quantitative estimate of drug-likeness (QED) is 0.803. The van der Waals surface area contributed by atoms with Crippen LogP contribution in [0.2, 0.25) is 0 Å². The molecule has 0 unspecified atom stereocenters. The number of hydrogen-bond acceptors (Lipinski definition) is 2. The average molecular weight is 235 g/mol. The lowest BCUT2D eigenvalue weighted by atomic mass is 10.0. The van der Waals surface area contributed by atoms with Gasteiger partial charge in [0.25, 0.3) is 0 Å². The van der Waals surface area contributed by atoms with E-state index in [1.54, 1.807) is 0 Å². The SMILES string of the molecule is CC(C)c1cnn(C2CCN(C(C)C)CC2)c1. The fraction of sp³-hybridized carbons (Fsp3) is 0.786. The fourth-order valence-electron chi connectivity index (χ4n) is 2.52. The van der Waals surface area contributed by atoms with Crippen LogP contribution in [0.15, 0.2) is 12.4 Å². The number of nitrogens with zero attached hydrogens (tertiary/aromatic N) is 3. The molecular weight excluding hydrogens is 210 g/mol. The van der Waals surface area contributed by atoms with Crippen LogP contribution in [0.3, 0.4) is 0 Å². The number of piperidine rings is 1. The summed E-state index contributed by atoms with van der Waals surface area (Å²) in [7, 11) is 0. The van der Waals surface area contributed by atoms with Crippen LogP contribution in [0.5, 0.6) is 0 Å². The van der Waals surface area contributed by atoms with Gasteiger partial charge in [0.1, 0.15) is 0 Å². The molecule has 0 aliphatic carbocycles. The molecular formula is C14H25N3. The van der Waals surface area contributed by atoms with Crippen LogP contribution in [0, 0.1) is 0 Å². The highest BCUT2D eigenvalue weighted by molar-refractivity contribution is 5.09. The molecule has 0 aromatic carbocycles. The van der Waals surface area contributed by atoms with Gasteiger partial charge in [0.05, 0.1) is 12.2 Å². The summed E-state index contributed by atoms with van der Waals surface area (Å²) in [6.45, 7) is 11.4. The zero-order valence-corrected chi connectivity index (χ0v) is 11.6. The average Bonchev–Trinajstić information content (AvgIpc) is 2.78. The lowest BCUT2D eigenvalue weighted by Crippen LogP contribution is -2.39. The lowest BCUT2D eigenvalue weighted by molar-refractivity contribution is 0.147. The molecule has 1 saturated heterocycles. The monoisotopic (exact) mass is 235 g/mol. The second kappa shape index (κ2) is 5.21. The van der Waals surface area contributed by atoms with Gasteiger partial charge in [-0.2, -0.15) is 5.10 Å². The molecule has 1 aliphatic rings. The molecule has 2 rings (SSSR count). The van der Waals surface area contributed by atoms with Crippen molar-refractivity contribution in [2.24, 2.45) is 0 Å². The summed E-state index contributed by atoms with van der Waals surface area (Å²) in [6.07, 6.45) is 6.73. The van der Waals surface area contributed by atoms with Crippen molar-refractivity contribution in [2.45, 2.75) is 58.5 Å². The van der Waals surface area contributed by atoms with Gasteiger partial charge >= 0.3 is 0 Å². The van der Waals surface area contributed by atoms with E-state index in [4.69, 9.17) is 0 Å². The molecule has 1 aliphatic heterocycles. The Hall–Kier alpha value is -0.830. The van der Waals surface area contributed by atoms with Crippen molar-refractivity contribution >= 4 is 0 Å². The third-order valence-electron chi connectivity index (χ3n) is 3.89. The number of likely N-dealkylation sites (tertiary alicyclic amines) is 1. The van der Waals surface area contributed by atoms with Gasteiger partial charge in [-0.1, -0.05) is 13.8 Å². The highest BCUT2D eigenvalue weighted by Gasteiger charge is 2.22. The molecule has 0 spiro atoms. The third-order valence-corrected chi connectivity index (χ3v) is 3.89. The van der Waals surface area contributed by atoms with E-state index in [0.29, 0.717) is 18.0 Å². The molecule has 17 heavy (non-hydrogen) atoms. The summed E-state index contributed by atoms with van der Waals surface area (Å²) in [5.41, 5.74) is 1.36. The predicted octanol–water partition coefficient (Wildman–Crippen LogP) is 3.05. The Balaban J connectivity index is 1.96. The molecule has 96 valence electrons. The first kappa shape index (κ1) is 12.6. The first-order valence-corrected chi connectivity index (χ1v) is 6.86. The Morgan fingerprint density at radius 1 is 1.18 bits per heavy atom. The van der Waals surface area contributed by atoms with E-state index in [1.807, 2.05) is 6.20 Å². The molecule has 0 amide bonds. The summed E-state index contributed by atoms with van der Waals surface area (Å²) in [5.74, 6) is 0.583. The molecule has 0 atom stereocenters. The minimum atomic E-state index is 0.583. The Morgan fingerprint density at radius 3 is 2.29 bits per heavy atom. The van der Waals surface area contributed by atoms with Crippen LogP contribution >= 0.6 is 0 Å². The van der Waals surface area contributed by atoms with E-state index in [-0.39, 0.29) is 0 Å². The van der Waals surface area contributed by atoms with E-state index >= 15 is 0 Å². The van der Waals surface area contributed by atoms with Gasteiger partial charge in [-0.05, 0) is 38.2 Å². The number of rotatable bonds is 3. The first-order valence-electron chi connectivity index (χ1n) is 6.86. The summed E-state index contributed by atoms with van der Waals surface area (Å²) >= 11 is 0. The van der Waals surface area contributed by atoms with Crippen LogP contribution in [-0.4, -0.2) is 33.8 Å². The largest absolute Gasteiger partial charge is 0.301 e. The van der Waals surface area contributed by atoms with Crippen molar-refractivity contribution in [3.63, 3.8) is 0 Å². The zero-order valence-electron chi connectivity index (χ0n) is 11.6. The Kier molecular flexibility index (Phi) is 3.87. The maximum absolute atomic E-state index is 4.53. The van der Waals surface area contributed by atoms with Crippen molar-refractivity contribution < 1.29 is 0 Å². The molecule has 1 aromatic rings. The predicted molar refractivity (Wildman–Crippen MR) is 71.3 cm³/mol. The third kappa shape index (κ3) is 2.89. The molecule has 3 nitrogen and oxygen atoms in total. The fourth-order valence-corrected chi connectivity index (χ4v) is 2.52. The number of hydrogen-bond donors (Lipinski definition) is 0. The van der Waals surface area contributed by atoms with Crippen LogP contribution in [0.1, 0.15) is 58.1 Å². The molecule has 0 N–H and O–H groups in total. The first-order chi connectivity index (χ1) is 8.08. The summed E-state index contributed by atoms with van der Waals surface area (Å²) in [6, 6.07) is 1.29. The van der Waals surface area contributed by atoms with Crippen molar-refractivity contribution in [1.29, 1.82) is 0 Å². The van der Waals surface area contributed by atoms with E-state index in [1.165, 1.54) is 31.5 Å². The zero-order chi connectivity index (χ0) is 12.4. The van der Waals surface area contributed by atoms with Crippen LogP contribution < -0.4 is 0 Å². The molecule has 0 saturated carbocycles. The molecule has 3 heteroatoms. The van der Waals surface area contributed by atoms with Gasteiger partial charge in [-0.3, -0.25) is 4.68 Å². The van der Waals surface area contributed by atoms with Gasteiger partial charge < -0.3 is 4.90 Å². The molecule has 1 aromatic heterocycles. The topological polar surface area (TPSA) is 21.1 Å². The van der Waals surface area contributed by atoms with E-state index in [2.05, 4.69) is 48.6 Å². The highest BCUT2D eigenvalue weighted by atomic mass is 15.3.